The molecular weight excluding hydrogens is 190 g/mol. The molecule has 2 rings (SSSR count). The van der Waals surface area contributed by atoms with Crippen LogP contribution in [0.25, 0.3) is 10.8 Å². The Kier molecular flexibility index (Phi) is 2.47. The summed E-state index contributed by atoms with van der Waals surface area (Å²) in [5.74, 6) is -0.270. The minimum atomic E-state index is -0.976. The smallest absolute Gasteiger partial charge is 0.191 e. The summed E-state index contributed by atoms with van der Waals surface area (Å²) in [5, 5.41) is 11.0. The van der Waals surface area contributed by atoms with E-state index in [1.807, 2.05) is 12.1 Å². The summed E-state index contributed by atoms with van der Waals surface area (Å²) >= 11 is 0. The number of aliphatic hydroxyl groups excluding tert-OH is 1. The van der Waals surface area contributed by atoms with E-state index in [-0.39, 0.29) is 5.78 Å². The van der Waals surface area contributed by atoms with E-state index in [1.54, 1.807) is 24.5 Å². The second kappa shape index (κ2) is 3.79. The summed E-state index contributed by atoms with van der Waals surface area (Å²) in [6.45, 7) is 1.47. The van der Waals surface area contributed by atoms with Crippen LogP contribution in [0.4, 0.5) is 0 Å². The molecule has 0 amide bonds. The Morgan fingerprint density at radius 2 is 2.20 bits per heavy atom. The van der Waals surface area contributed by atoms with Gasteiger partial charge in [-0.15, -0.1) is 0 Å². The van der Waals surface area contributed by atoms with Gasteiger partial charge in [0.1, 0.15) is 6.10 Å². The van der Waals surface area contributed by atoms with Gasteiger partial charge < -0.3 is 5.11 Å². The van der Waals surface area contributed by atoms with Gasteiger partial charge in [-0.1, -0.05) is 18.2 Å². The fourth-order valence-corrected chi connectivity index (χ4v) is 1.55. The molecule has 3 heteroatoms. The van der Waals surface area contributed by atoms with Crippen molar-refractivity contribution < 1.29 is 9.90 Å². The van der Waals surface area contributed by atoms with Crippen molar-refractivity contribution in [1.82, 2.24) is 4.98 Å². The van der Waals surface area contributed by atoms with Crippen LogP contribution in [0.5, 0.6) is 0 Å². The van der Waals surface area contributed by atoms with E-state index in [0.29, 0.717) is 5.56 Å². The number of ketones is 1. The number of hydrogen-bond donors (Lipinski definition) is 1. The highest BCUT2D eigenvalue weighted by Crippen LogP contribution is 2.18. The molecule has 0 spiro atoms. The van der Waals surface area contributed by atoms with Crippen LogP contribution in [-0.2, 0) is 0 Å². The van der Waals surface area contributed by atoms with E-state index in [1.165, 1.54) is 6.92 Å². The van der Waals surface area contributed by atoms with Crippen molar-refractivity contribution >= 4 is 16.6 Å². The van der Waals surface area contributed by atoms with Crippen molar-refractivity contribution in [3.63, 3.8) is 0 Å². The number of carbonyl (C=O) groups is 1. The van der Waals surface area contributed by atoms with E-state index in [2.05, 4.69) is 4.98 Å². The van der Waals surface area contributed by atoms with Gasteiger partial charge >= 0.3 is 0 Å². The highest BCUT2D eigenvalue weighted by atomic mass is 16.3. The number of aromatic nitrogens is 1. The van der Waals surface area contributed by atoms with E-state index in [4.69, 9.17) is 0 Å². The van der Waals surface area contributed by atoms with Crippen molar-refractivity contribution in [3.05, 3.63) is 42.2 Å². The first-order valence-corrected chi connectivity index (χ1v) is 4.75. The fourth-order valence-electron chi connectivity index (χ4n) is 1.55. The number of aliphatic hydroxyl groups is 1. The van der Waals surface area contributed by atoms with Crippen LogP contribution in [-0.4, -0.2) is 22.0 Å². The third-order valence-electron chi connectivity index (χ3n) is 2.33. The molecule has 3 nitrogen and oxygen atoms in total. The predicted molar refractivity (Wildman–Crippen MR) is 57.8 cm³/mol. The predicted octanol–water partition coefficient (Wildman–Crippen LogP) is 1.80. The van der Waals surface area contributed by atoms with E-state index < -0.39 is 6.10 Å². The molecule has 1 N–H and O–H groups in total. The molecule has 0 fully saturated rings. The van der Waals surface area contributed by atoms with E-state index >= 15 is 0 Å². The summed E-state index contributed by atoms with van der Waals surface area (Å²) in [6.07, 6.45) is 2.35. The SMILES string of the molecule is CC(O)C(=O)c1cccc2ccncc12. The van der Waals surface area contributed by atoms with Crippen molar-refractivity contribution in [2.24, 2.45) is 0 Å². The van der Waals surface area contributed by atoms with Crippen LogP contribution >= 0.6 is 0 Å². The molecule has 0 aliphatic heterocycles. The van der Waals surface area contributed by atoms with Gasteiger partial charge in [-0.25, -0.2) is 0 Å². The zero-order valence-electron chi connectivity index (χ0n) is 8.34. The summed E-state index contributed by atoms with van der Waals surface area (Å²) in [7, 11) is 0. The molecule has 15 heavy (non-hydrogen) atoms. The zero-order valence-corrected chi connectivity index (χ0v) is 8.34. The molecule has 1 aromatic carbocycles. The number of benzene rings is 1. The van der Waals surface area contributed by atoms with Crippen LogP contribution < -0.4 is 0 Å². The molecule has 1 aromatic heterocycles. The second-order valence-corrected chi connectivity index (χ2v) is 3.44. The lowest BCUT2D eigenvalue weighted by molar-refractivity contribution is 0.0781. The standard InChI is InChI=1S/C12H11NO2/c1-8(14)12(15)10-4-2-3-9-5-6-13-7-11(9)10/h2-8,14H,1H3. The number of pyridine rings is 1. The Morgan fingerprint density at radius 3 is 2.93 bits per heavy atom. The van der Waals surface area contributed by atoms with Gasteiger partial charge in [0.25, 0.3) is 0 Å². The molecular formula is C12H11NO2. The lowest BCUT2D eigenvalue weighted by Gasteiger charge is -2.06. The highest BCUT2D eigenvalue weighted by Gasteiger charge is 2.14. The largest absolute Gasteiger partial charge is 0.385 e. The number of Topliss-reactive ketones (excluding diaryl/α,β-unsaturated/α-hetero) is 1. The van der Waals surface area contributed by atoms with Gasteiger partial charge in [-0.05, 0) is 18.4 Å². The molecule has 0 bridgehead atoms. The first-order chi connectivity index (χ1) is 7.20. The second-order valence-electron chi connectivity index (χ2n) is 3.44. The van der Waals surface area contributed by atoms with Gasteiger partial charge in [0, 0.05) is 23.3 Å². The van der Waals surface area contributed by atoms with Crippen LogP contribution in [0, 0.1) is 0 Å². The minimum absolute atomic E-state index is 0.270. The Morgan fingerprint density at radius 1 is 1.40 bits per heavy atom. The quantitative estimate of drug-likeness (QED) is 0.754. The normalized spacial score (nSPS) is 12.7. The van der Waals surface area contributed by atoms with Crippen LogP contribution in [0.2, 0.25) is 0 Å². The van der Waals surface area contributed by atoms with Crippen LogP contribution in [0.15, 0.2) is 36.7 Å². The summed E-state index contributed by atoms with van der Waals surface area (Å²) in [5.41, 5.74) is 0.524. The lowest BCUT2D eigenvalue weighted by atomic mass is 10.0. The molecule has 1 heterocycles. The molecule has 0 saturated carbocycles. The summed E-state index contributed by atoms with van der Waals surface area (Å²) in [4.78, 5) is 15.7. The average Bonchev–Trinajstić information content (AvgIpc) is 2.27. The first-order valence-electron chi connectivity index (χ1n) is 4.75. The molecule has 1 unspecified atom stereocenters. The Bertz CT molecular complexity index is 500. The van der Waals surface area contributed by atoms with Gasteiger partial charge in [-0.2, -0.15) is 0 Å². The highest BCUT2D eigenvalue weighted by molar-refractivity contribution is 6.09. The van der Waals surface area contributed by atoms with Gasteiger partial charge in [0.15, 0.2) is 5.78 Å². The number of nitrogens with zero attached hydrogens (tertiary/aromatic N) is 1. The number of fused-ring (bicyclic) bond motifs is 1. The fraction of sp³-hybridized carbons (Fsp3) is 0.167. The molecule has 0 radical (unpaired) electrons. The van der Waals surface area contributed by atoms with Gasteiger partial charge in [0.2, 0.25) is 0 Å². The zero-order chi connectivity index (χ0) is 10.8. The number of rotatable bonds is 2. The lowest BCUT2D eigenvalue weighted by Crippen LogP contribution is -2.16. The molecule has 76 valence electrons. The van der Waals surface area contributed by atoms with Crippen molar-refractivity contribution in [2.75, 3.05) is 0 Å². The van der Waals surface area contributed by atoms with Crippen LogP contribution in [0.1, 0.15) is 17.3 Å². The van der Waals surface area contributed by atoms with E-state index in [9.17, 15) is 9.90 Å². The maximum Gasteiger partial charge on any atom is 0.191 e. The molecule has 0 aliphatic rings. The Labute approximate surface area is 87.4 Å². The topological polar surface area (TPSA) is 50.2 Å². The van der Waals surface area contributed by atoms with Gasteiger partial charge in [-0.3, -0.25) is 9.78 Å². The summed E-state index contributed by atoms with van der Waals surface area (Å²) in [6, 6.07) is 7.26. The average molecular weight is 201 g/mol. The van der Waals surface area contributed by atoms with Gasteiger partial charge in [0.05, 0.1) is 0 Å². The third-order valence-corrected chi connectivity index (χ3v) is 2.33. The maximum absolute atomic E-state index is 11.7. The van der Waals surface area contributed by atoms with E-state index in [0.717, 1.165) is 10.8 Å². The molecule has 0 saturated heterocycles. The molecule has 0 aliphatic carbocycles. The van der Waals surface area contributed by atoms with Crippen molar-refractivity contribution in [2.45, 2.75) is 13.0 Å². The monoisotopic (exact) mass is 201 g/mol. The van der Waals surface area contributed by atoms with Crippen molar-refractivity contribution in [3.8, 4) is 0 Å². The maximum atomic E-state index is 11.7. The Balaban J connectivity index is 2.66. The molecule has 1 atom stereocenters. The van der Waals surface area contributed by atoms with Crippen molar-refractivity contribution in [1.29, 1.82) is 0 Å². The third kappa shape index (κ3) is 1.74. The Hall–Kier alpha value is -1.74. The van der Waals surface area contributed by atoms with Crippen LogP contribution in [0.3, 0.4) is 0 Å². The number of hydrogen-bond acceptors (Lipinski definition) is 3. The molecule has 2 aromatic rings. The minimum Gasteiger partial charge on any atom is -0.385 e. The summed E-state index contributed by atoms with van der Waals surface area (Å²) < 4.78 is 0. The first kappa shape index (κ1) is 9.80. The number of carbonyl (C=O) groups excluding carboxylic acids is 1.